The molecule has 0 amide bonds. The van der Waals surface area contributed by atoms with Gasteiger partial charge in [0, 0.05) is 12.9 Å². The molecular formula is C13H18O2S. The maximum Gasteiger partial charge on any atom is 0.119 e. The standard InChI is InChI=1S/C13H18O2S/c1-11(10-16)9-15-13-5-3-12(4-6-13)7-8-14-2/h3-6,16H,1,7-10H2,2H3. The van der Waals surface area contributed by atoms with Gasteiger partial charge in [-0.1, -0.05) is 18.7 Å². The summed E-state index contributed by atoms with van der Waals surface area (Å²) in [6.45, 7) is 5.10. The van der Waals surface area contributed by atoms with Gasteiger partial charge in [0.05, 0.1) is 6.61 Å². The Morgan fingerprint density at radius 3 is 2.56 bits per heavy atom. The van der Waals surface area contributed by atoms with Gasteiger partial charge < -0.3 is 9.47 Å². The summed E-state index contributed by atoms with van der Waals surface area (Å²) in [6.07, 6.45) is 0.931. The van der Waals surface area contributed by atoms with Gasteiger partial charge in [-0.15, -0.1) is 0 Å². The first-order valence-corrected chi connectivity index (χ1v) is 5.87. The molecule has 0 heterocycles. The van der Waals surface area contributed by atoms with Crippen LogP contribution in [0.4, 0.5) is 0 Å². The highest BCUT2D eigenvalue weighted by atomic mass is 32.1. The zero-order valence-corrected chi connectivity index (χ0v) is 10.5. The Kier molecular flexibility index (Phi) is 6.04. The molecule has 0 aliphatic carbocycles. The molecule has 3 heteroatoms. The zero-order chi connectivity index (χ0) is 11.8. The van der Waals surface area contributed by atoms with Crippen molar-refractivity contribution in [2.24, 2.45) is 0 Å². The molecule has 0 atom stereocenters. The minimum absolute atomic E-state index is 0.529. The number of hydrogen-bond acceptors (Lipinski definition) is 3. The van der Waals surface area contributed by atoms with E-state index in [0.29, 0.717) is 12.4 Å². The summed E-state index contributed by atoms with van der Waals surface area (Å²) in [5.74, 6) is 1.52. The molecule has 1 rings (SSSR count). The molecule has 0 bridgehead atoms. The third-order valence-corrected chi connectivity index (χ3v) is 2.63. The van der Waals surface area contributed by atoms with Crippen molar-refractivity contribution in [3.05, 3.63) is 42.0 Å². The van der Waals surface area contributed by atoms with Gasteiger partial charge in [-0.05, 0) is 29.7 Å². The van der Waals surface area contributed by atoms with Crippen LogP contribution in [0.15, 0.2) is 36.4 Å². The lowest BCUT2D eigenvalue weighted by Crippen LogP contribution is -2.01. The number of benzene rings is 1. The highest BCUT2D eigenvalue weighted by Crippen LogP contribution is 2.13. The quantitative estimate of drug-likeness (QED) is 0.581. The first kappa shape index (κ1) is 13.1. The van der Waals surface area contributed by atoms with E-state index in [1.54, 1.807) is 7.11 Å². The van der Waals surface area contributed by atoms with Crippen LogP contribution < -0.4 is 4.74 Å². The van der Waals surface area contributed by atoms with E-state index in [0.717, 1.165) is 24.4 Å². The van der Waals surface area contributed by atoms with Crippen LogP contribution in [-0.4, -0.2) is 26.1 Å². The van der Waals surface area contributed by atoms with Gasteiger partial charge in [-0.2, -0.15) is 12.6 Å². The molecule has 0 aliphatic heterocycles. The van der Waals surface area contributed by atoms with Crippen LogP contribution in [0.25, 0.3) is 0 Å². The minimum Gasteiger partial charge on any atom is -0.489 e. The molecular weight excluding hydrogens is 220 g/mol. The van der Waals surface area contributed by atoms with Crippen molar-refractivity contribution in [2.45, 2.75) is 6.42 Å². The van der Waals surface area contributed by atoms with Crippen LogP contribution in [0.2, 0.25) is 0 Å². The highest BCUT2D eigenvalue weighted by molar-refractivity contribution is 7.80. The van der Waals surface area contributed by atoms with E-state index in [2.05, 4.69) is 31.3 Å². The third-order valence-electron chi connectivity index (χ3n) is 2.18. The van der Waals surface area contributed by atoms with Crippen molar-refractivity contribution in [3.8, 4) is 5.75 Å². The van der Waals surface area contributed by atoms with Gasteiger partial charge in [0.2, 0.25) is 0 Å². The lowest BCUT2D eigenvalue weighted by atomic mass is 10.1. The summed E-state index contributed by atoms with van der Waals surface area (Å²) >= 11 is 4.12. The van der Waals surface area contributed by atoms with Crippen LogP contribution in [0, 0.1) is 0 Å². The monoisotopic (exact) mass is 238 g/mol. The Morgan fingerprint density at radius 1 is 1.31 bits per heavy atom. The van der Waals surface area contributed by atoms with Gasteiger partial charge in [0.1, 0.15) is 12.4 Å². The number of thiol groups is 1. The summed E-state index contributed by atoms with van der Waals surface area (Å²) in [7, 11) is 1.71. The molecule has 0 aliphatic rings. The number of rotatable bonds is 7. The van der Waals surface area contributed by atoms with Gasteiger partial charge >= 0.3 is 0 Å². The largest absolute Gasteiger partial charge is 0.489 e. The number of hydrogen-bond donors (Lipinski definition) is 1. The SMILES string of the molecule is C=C(CS)COc1ccc(CCOC)cc1. The van der Waals surface area contributed by atoms with E-state index in [1.165, 1.54) is 5.56 Å². The van der Waals surface area contributed by atoms with Gasteiger partial charge in [-0.3, -0.25) is 0 Å². The van der Waals surface area contributed by atoms with Crippen molar-refractivity contribution < 1.29 is 9.47 Å². The van der Waals surface area contributed by atoms with Crippen LogP contribution >= 0.6 is 12.6 Å². The van der Waals surface area contributed by atoms with E-state index in [-0.39, 0.29) is 0 Å². The van der Waals surface area contributed by atoms with Crippen LogP contribution in [0.5, 0.6) is 5.75 Å². The van der Waals surface area contributed by atoms with E-state index in [9.17, 15) is 0 Å². The average Bonchev–Trinajstić information content (AvgIpc) is 2.34. The van der Waals surface area contributed by atoms with Crippen molar-refractivity contribution in [2.75, 3.05) is 26.1 Å². The molecule has 0 saturated heterocycles. The first-order chi connectivity index (χ1) is 7.76. The molecule has 2 nitrogen and oxygen atoms in total. The maximum atomic E-state index is 5.54. The number of ether oxygens (including phenoxy) is 2. The Morgan fingerprint density at radius 2 is 2.00 bits per heavy atom. The van der Waals surface area contributed by atoms with Crippen molar-refractivity contribution in [1.29, 1.82) is 0 Å². The fourth-order valence-electron chi connectivity index (χ4n) is 1.20. The Bertz CT molecular complexity index is 319. The third kappa shape index (κ3) is 4.73. The fourth-order valence-corrected chi connectivity index (χ4v) is 1.29. The molecule has 1 aromatic carbocycles. The van der Waals surface area contributed by atoms with Crippen LogP contribution in [0.3, 0.4) is 0 Å². The fraction of sp³-hybridized carbons (Fsp3) is 0.385. The molecule has 0 radical (unpaired) electrons. The topological polar surface area (TPSA) is 18.5 Å². The Hall–Kier alpha value is -0.930. The molecule has 0 fully saturated rings. The zero-order valence-electron chi connectivity index (χ0n) is 9.61. The lowest BCUT2D eigenvalue weighted by molar-refractivity contribution is 0.202. The molecule has 1 aromatic rings. The maximum absolute atomic E-state index is 5.54. The van der Waals surface area contributed by atoms with Crippen LogP contribution in [-0.2, 0) is 11.2 Å². The summed E-state index contributed by atoms with van der Waals surface area (Å²) in [6, 6.07) is 8.04. The Balaban J connectivity index is 2.41. The molecule has 0 saturated carbocycles. The summed E-state index contributed by atoms with van der Waals surface area (Å²) in [4.78, 5) is 0. The van der Waals surface area contributed by atoms with Gasteiger partial charge in [0.15, 0.2) is 0 Å². The molecule has 0 spiro atoms. The van der Waals surface area contributed by atoms with E-state index in [4.69, 9.17) is 9.47 Å². The molecule has 0 N–H and O–H groups in total. The number of methoxy groups -OCH3 is 1. The highest BCUT2D eigenvalue weighted by Gasteiger charge is 1.97. The van der Waals surface area contributed by atoms with Crippen molar-refractivity contribution in [3.63, 3.8) is 0 Å². The second kappa shape index (κ2) is 7.36. The molecule has 16 heavy (non-hydrogen) atoms. The van der Waals surface area contributed by atoms with Crippen LogP contribution in [0.1, 0.15) is 5.56 Å². The second-order valence-electron chi connectivity index (χ2n) is 3.58. The first-order valence-electron chi connectivity index (χ1n) is 5.24. The lowest BCUT2D eigenvalue weighted by Gasteiger charge is -2.07. The summed E-state index contributed by atoms with van der Waals surface area (Å²) in [5, 5.41) is 0. The Labute approximate surface area is 103 Å². The summed E-state index contributed by atoms with van der Waals surface area (Å²) in [5.41, 5.74) is 2.23. The molecule has 88 valence electrons. The van der Waals surface area contributed by atoms with Gasteiger partial charge in [-0.25, -0.2) is 0 Å². The van der Waals surface area contributed by atoms with Crippen molar-refractivity contribution >= 4 is 12.6 Å². The van der Waals surface area contributed by atoms with E-state index < -0.39 is 0 Å². The molecule has 0 unspecified atom stereocenters. The average molecular weight is 238 g/mol. The summed E-state index contributed by atoms with van der Waals surface area (Å²) < 4.78 is 10.6. The second-order valence-corrected chi connectivity index (χ2v) is 3.90. The van der Waals surface area contributed by atoms with E-state index >= 15 is 0 Å². The predicted octanol–water partition coefficient (Wildman–Crippen LogP) is 2.74. The minimum atomic E-state index is 0.529. The van der Waals surface area contributed by atoms with Gasteiger partial charge in [0.25, 0.3) is 0 Å². The normalized spacial score (nSPS) is 10.1. The van der Waals surface area contributed by atoms with E-state index in [1.807, 2.05) is 12.1 Å². The van der Waals surface area contributed by atoms with Crippen molar-refractivity contribution in [1.82, 2.24) is 0 Å². The predicted molar refractivity (Wildman–Crippen MR) is 70.5 cm³/mol. The smallest absolute Gasteiger partial charge is 0.119 e. The molecule has 0 aromatic heterocycles.